The van der Waals surface area contributed by atoms with Crippen molar-refractivity contribution in [3.05, 3.63) is 18.0 Å². The molecule has 2 heterocycles. The van der Waals surface area contributed by atoms with Crippen molar-refractivity contribution in [2.45, 2.75) is 25.8 Å². The Morgan fingerprint density at radius 3 is 2.78 bits per heavy atom. The standard InChI is InChI=1S/C13H23N5/c1-10(2)11-6-15-13(16-7-11)17-9-12-8-14-4-5-18(12)3/h6-7,10,12,14H,4-5,8-9H2,1-3H3,(H,15,16,17). The Balaban J connectivity index is 1.85. The van der Waals surface area contributed by atoms with Crippen LogP contribution in [0.25, 0.3) is 0 Å². The first-order valence-electron chi connectivity index (χ1n) is 6.63. The highest BCUT2D eigenvalue weighted by atomic mass is 15.2. The van der Waals surface area contributed by atoms with Crippen molar-refractivity contribution < 1.29 is 0 Å². The molecular weight excluding hydrogens is 226 g/mol. The van der Waals surface area contributed by atoms with E-state index in [0.717, 1.165) is 32.1 Å². The van der Waals surface area contributed by atoms with Gasteiger partial charge in [0.05, 0.1) is 0 Å². The summed E-state index contributed by atoms with van der Waals surface area (Å²) in [5.74, 6) is 1.20. The number of piperazine rings is 1. The minimum Gasteiger partial charge on any atom is -0.353 e. The largest absolute Gasteiger partial charge is 0.353 e. The topological polar surface area (TPSA) is 53.1 Å². The van der Waals surface area contributed by atoms with Gasteiger partial charge in [0, 0.05) is 44.6 Å². The van der Waals surface area contributed by atoms with Crippen molar-refractivity contribution in [3.63, 3.8) is 0 Å². The zero-order chi connectivity index (χ0) is 13.0. The van der Waals surface area contributed by atoms with E-state index in [9.17, 15) is 0 Å². The maximum absolute atomic E-state index is 4.35. The van der Waals surface area contributed by atoms with Crippen LogP contribution in [-0.4, -0.2) is 54.1 Å². The second-order valence-electron chi connectivity index (χ2n) is 5.21. The Kier molecular flexibility index (Phi) is 4.49. The molecule has 0 aromatic carbocycles. The van der Waals surface area contributed by atoms with Gasteiger partial charge in [-0.05, 0) is 18.5 Å². The van der Waals surface area contributed by atoms with E-state index in [0.29, 0.717) is 12.0 Å². The molecule has 1 saturated heterocycles. The smallest absolute Gasteiger partial charge is 0.222 e. The zero-order valence-electron chi connectivity index (χ0n) is 11.5. The molecule has 0 bridgehead atoms. The molecule has 1 aromatic rings. The number of nitrogens with zero attached hydrogens (tertiary/aromatic N) is 3. The Morgan fingerprint density at radius 1 is 1.44 bits per heavy atom. The summed E-state index contributed by atoms with van der Waals surface area (Å²) in [5, 5.41) is 6.71. The van der Waals surface area contributed by atoms with Gasteiger partial charge in [0.25, 0.3) is 0 Å². The highest BCUT2D eigenvalue weighted by Crippen LogP contribution is 2.12. The molecule has 1 atom stereocenters. The molecule has 5 nitrogen and oxygen atoms in total. The predicted molar refractivity (Wildman–Crippen MR) is 73.9 cm³/mol. The van der Waals surface area contributed by atoms with Gasteiger partial charge in [-0.2, -0.15) is 0 Å². The minimum atomic E-state index is 0.479. The lowest BCUT2D eigenvalue weighted by Gasteiger charge is -2.33. The number of anilines is 1. The van der Waals surface area contributed by atoms with E-state index in [1.807, 2.05) is 12.4 Å². The molecule has 1 aliphatic heterocycles. The third-order valence-corrected chi connectivity index (χ3v) is 3.48. The summed E-state index contributed by atoms with van der Waals surface area (Å²) in [6.45, 7) is 8.37. The summed E-state index contributed by atoms with van der Waals surface area (Å²) < 4.78 is 0. The number of nitrogens with one attached hydrogen (secondary N) is 2. The number of hydrogen-bond donors (Lipinski definition) is 2. The van der Waals surface area contributed by atoms with E-state index in [2.05, 4.69) is 46.4 Å². The van der Waals surface area contributed by atoms with Crippen molar-refractivity contribution in [2.75, 3.05) is 38.5 Å². The molecule has 0 radical (unpaired) electrons. The Bertz CT molecular complexity index is 362. The lowest BCUT2D eigenvalue weighted by molar-refractivity contribution is 0.209. The number of rotatable bonds is 4. The molecule has 0 aliphatic carbocycles. The summed E-state index contributed by atoms with van der Waals surface area (Å²) >= 11 is 0. The lowest BCUT2D eigenvalue weighted by atomic mass is 10.1. The first-order valence-corrected chi connectivity index (χ1v) is 6.63. The van der Waals surface area contributed by atoms with Crippen LogP contribution in [0.1, 0.15) is 25.3 Å². The van der Waals surface area contributed by atoms with Gasteiger partial charge in [-0.25, -0.2) is 9.97 Å². The molecule has 1 aromatic heterocycles. The van der Waals surface area contributed by atoms with Crippen molar-refractivity contribution in [1.29, 1.82) is 0 Å². The van der Waals surface area contributed by atoms with Crippen LogP contribution in [0.15, 0.2) is 12.4 Å². The van der Waals surface area contributed by atoms with E-state index in [-0.39, 0.29) is 0 Å². The molecule has 0 saturated carbocycles. The molecule has 0 spiro atoms. The Labute approximate surface area is 109 Å². The predicted octanol–water partition coefficient (Wildman–Crippen LogP) is 0.915. The van der Waals surface area contributed by atoms with Crippen molar-refractivity contribution >= 4 is 5.95 Å². The molecule has 1 unspecified atom stereocenters. The van der Waals surface area contributed by atoms with Gasteiger partial charge in [0.2, 0.25) is 5.95 Å². The Hall–Kier alpha value is -1.20. The molecule has 100 valence electrons. The molecule has 0 amide bonds. The molecule has 1 aliphatic rings. The highest BCUT2D eigenvalue weighted by molar-refractivity contribution is 5.26. The maximum Gasteiger partial charge on any atom is 0.222 e. The first-order chi connectivity index (χ1) is 8.66. The molecule has 1 fully saturated rings. The quantitative estimate of drug-likeness (QED) is 0.831. The second kappa shape index (κ2) is 6.11. The summed E-state index contributed by atoms with van der Waals surface area (Å²) in [4.78, 5) is 11.1. The summed E-state index contributed by atoms with van der Waals surface area (Å²) in [5.41, 5.74) is 1.18. The van der Waals surface area contributed by atoms with E-state index < -0.39 is 0 Å². The first kappa shape index (κ1) is 13.2. The van der Waals surface area contributed by atoms with Crippen LogP contribution in [0.4, 0.5) is 5.95 Å². The second-order valence-corrected chi connectivity index (χ2v) is 5.21. The molecule has 18 heavy (non-hydrogen) atoms. The monoisotopic (exact) mass is 249 g/mol. The van der Waals surface area contributed by atoms with Crippen LogP contribution in [0.2, 0.25) is 0 Å². The maximum atomic E-state index is 4.35. The molecule has 5 heteroatoms. The third kappa shape index (κ3) is 3.40. The average molecular weight is 249 g/mol. The van der Waals surface area contributed by atoms with Crippen molar-refractivity contribution in [1.82, 2.24) is 20.2 Å². The van der Waals surface area contributed by atoms with Crippen LogP contribution in [-0.2, 0) is 0 Å². The van der Waals surface area contributed by atoms with E-state index in [1.54, 1.807) is 0 Å². The van der Waals surface area contributed by atoms with Crippen LogP contribution in [0.5, 0.6) is 0 Å². The fourth-order valence-electron chi connectivity index (χ4n) is 2.03. The fraction of sp³-hybridized carbons (Fsp3) is 0.692. The zero-order valence-corrected chi connectivity index (χ0v) is 11.5. The minimum absolute atomic E-state index is 0.479. The summed E-state index contributed by atoms with van der Waals surface area (Å²) in [6, 6.07) is 0.507. The van der Waals surface area contributed by atoms with Gasteiger partial charge in [-0.1, -0.05) is 13.8 Å². The van der Waals surface area contributed by atoms with Crippen molar-refractivity contribution in [2.24, 2.45) is 0 Å². The molecule has 2 rings (SSSR count). The van der Waals surface area contributed by atoms with Crippen LogP contribution < -0.4 is 10.6 Å². The Morgan fingerprint density at radius 2 is 2.17 bits per heavy atom. The number of hydrogen-bond acceptors (Lipinski definition) is 5. The molecular formula is C13H23N5. The SMILES string of the molecule is CC(C)c1cnc(NCC2CNCCN2C)nc1. The lowest BCUT2D eigenvalue weighted by Crippen LogP contribution is -2.52. The number of aromatic nitrogens is 2. The molecule has 2 N–H and O–H groups in total. The van der Waals surface area contributed by atoms with Gasteiger partial charge < -0.3 is 10.6 Å². The van der Waals surface area contributed by atoms with Gasteiger partial charge in [0.1, 0.15) is 0 Å². The van der Waals surface area contributed by atoms with E-state index >= 15 is 0 Å². The van der Waals surface area contributed by atoms with E-state index in [4.69, 9.17) is 0 Å². The van der Waals surface area contributed by atoms with Gasteiger partial charge in [-0.15, -0.1) is 0 Å². The highest BCUT2D eigenvalue weighted by Gasteiger charge is 2.18. The van der Waals surface area contributed by atoms with Gasteiger partial charge >= 0.3 is 0 Å². The van der Waals surface area contributed by atoms with Crippen molar-refractivity contribution in [3.8, 4) is 0 Å². The third-order valence-electron chi connectivity index (χ3n) is 3.48. The summed E-state index contributed by atoms with van der Waals surface area (Å²) in [6.07, 6.45) is 3.81. The number of likely N-dealkylation sites (N-methyl/N-ethyl adjacent to an activating group) is 1. The average Bonchev–Trinajstić information content (AvgIpc) is 2.38. The normalized spacial score (nSPS) is 21.2. The van der Waals surface area contributed by atoms with Gasteiger partial charge in [-0.3, -0.25) is 4.90 Å². The van der Waals surface area contributed by atoms with Crippen LogP contribution in [0, 0.1) is 0 Å². The van der Waals surface area contributed by atoms with Gasteiger partial charge in [0.15, 0.2) is 0 Å². The fourth-order valence-corrected chi connectivity index (χ4v) is 2.03. The van der Waals surface area contributed by atoms with Crippen LogP contribution >= 0.6 is 0 Å². The summed E-state index contributed by atoms with van der Waals surface area (Å²) in [7, 11) is 2.16. The van der Waals surface area contributed by atoms with E-state index in [1.165, 1.54) is 5.56 Å². The van der Waals surface area contributed by atoms with Crippen LogP contribution in [0.3, 0.4) is 0 Å².